The van der Waals surface area contributed by atoms with Gasteiger partial charge in [0.2, 0.25) is 15.9 Å². The summed E-state index contributed by atoms with van der Waals surface area (Å²) >= 11 is 0. The number of fused-ring (bicyclic) bond motifs is 2. The molecule has 1 saturated heterocycles. The third kappa shape index (κ3) is 2.83. The summed E-state index contributed by atoms with van der Waals surface area (Å²) in [5, 5.41) is 0. The van der Waals surface area contributed by atoms with E-state index in [0.29, 0.717) is 13.1 Å². The quantitative estimate of drug-likeness (QED) is 0.889. The molecule has 6 nitrogen and oxygen atoms in total. The van der Waals surface area contributed by atoms with E-state index < -0.39 is 10.0 Å². The summed E-state index contributed by atoms with van der Waals surface area (Å²) in [4.78, 5) is 6.39. The molecule has 0 spiro atoms. The van der Waals surface area contributed by atoms with E-state index in [1.807, 2.05) is 18.2 Å². The maximum Gasteiger partial charge on any atom is 0.246 e. The van der Waals surface area contributed by atoms with Crippen molar-refractivity contribution in [3.63, 3.8) is 0 Å². The summed E-state index contributed by atoms with van der Waals surface area (Å²) < 4.78 is 33.5. The second kappa shape index (κ2) is 5.59. The van der Waals surface area contributed by atoms with E-state index in [-0.39, 0.29) is 22.9 Å². The fourth-order valence-electron chi connectivity index (χ4n) is 3.13. The van der Waals surface area contributed by atoms with Crippen LogP contribution in [0, 0.1) is 0 Å². The van der Waals surface area contributed by atoms with E-state index in [0.717, 1.165) is 6.54 Å². The molecule has 23 heavy (non-hydrogen) atoms. The van der Waals surface area contributed by atoms with E-state index in [1.54, 1.807) is 12.3 Å². The summed E-state index contributed by atoms with van der Waals surface area (Å²) in [6, 6.07) is 13.0. The lowest BCUT2D eigenvalue weighted by molar-refractivity contribution is 0.176. The number of rotatable bonds is 2. The molecule has 1 N–H and O–H groups in total. The maximum atomic E-state index is 12.5. The molecule has 0 amide bonds. The highest BCUT2D eigenvalue weighted by Crippen LogP contribution is 2.29. The Morgan fingerprint density at radius 2 is 2.00 bits per heavy atom. The van der Waals surface area contributed by atoms with Crippen LogP contribution in [0.15, 0.2) is 53.6 Å². The molecule has 120 valence electrons. The van der Waals surface area contributed by atoms with Gasteiger partial charge in [-0.25, -0.2) is 18.1 Å². The van der Waals surface area contributed by atoms with Crippen LogP contribution in [-0.4, -0.2) is 43.5 Å². The number of ether oxygens (including phenoxy) is 1. The SMILES string of the molecule is O=S1(=O)NC2CN(Cc3ccccc3)CC2Oc2ncccc21. The van der Waals surface area contributed by atoms with Crippen molar-refractivity contribution in [3.05, 3.63) is 54.2 Å². The van der Waals surface area contributed by atoms with E-state index in [9.17, 15) is 8.42 Å². The highest BCUT2D eigenvalue weighted by Gasteiger charge is 2.41. The second-order valence-corrected chi connectivity index (χ2v) is 7.55. The molecule has 2 atom stereocenters. The van der Waals surface area contributed by atoms with Gasteiger partial charge in [-0.05, 0) is 17.7 Å². The molecule has 1 fully saturated rings. The van der Waals surface area contributed by atoms with Gasteiger partial charge < -0.3 is 4.74 Å². The van der Waals surface area contributed by atoms with Crippen LogP contribution in [0.5, 0.6) is 5.88 Å². The molecular formula is C16H17N3O3S. The van der Waals surface area contributed by atoms with Gasteiger partial charge in [0.25, 0.3) is 0 Å². The number of hydrogen-bond donors (Lipinski definition) is 1. The molecule has 0 radical (unpaired) electrons. The molecule has 4 rings (SSSR count). The van der Waals surface area contributed by atoms with Crippen molar-refractivity contribution in [2.75, 3.05) is 13.1 Å². The van der Waals surface area contributed by atoms with Gasteiger partial charge in [0.15, 0.2) is 0 Å². The first-order valence-electron chi connectivity index (χ1n) is 7.52. The number of sulfonamides is 1. The Kier molecular flexibility index (Phi) is 3.56. The van der Waals surface area contributed by atoms with Gasteiger partial charge in [-0.2, -0.15) is 0 Å². The number of pyridine rings is 1. The Bertz CT molecular complexity index is 810. The van der Waals surface area contributed by atoms with Crippen molar-refractivity contribution >= 4 is 10.0 Å². The van der Waals surface area contributed by atoms with E-state index in [4.69, 9.17) is 4.74 Å². The molecule has 2 aliphatic heterocycles. The lowest BCUT2D eigenvalue weighted by Crippen LogP contribution is -2.42. The molecule has 3 heterocycles. The highest BCUT2D eigenvalue weighted by atomic mass is 32.2. The van der Waals surface area contributed by atoms with E-state index in [1.165, 1.54) is 11.6 Å². The van der Waals surface area contributed by atoms with E-state index >= 15 is 0 Å². The third-order valence-electron chi connectivity index (χ3n) is 4.19. The van der Waals surface area contributed by atoms with Crippen LogP contribution in [0.4, 0.5) is 0 Å². The summed E-state index contributed by atoms with van der Waals surface area (Å²) in [5.74, 6) is 0.189. The Hall–Kier alpha value is -1.96. The summed E-state index contributed by atoms with van der Waals surface area (Å²) in [6.45, 7) is 2.05. The van der Waals surface area contributed by atoms with Crippen molar-refractivity contribution in [1.29, 1.82) is 0 Å². The van der Waals surface area contributed by atoms with Gasteiger partial charge in [-0.15, -0.1) is 0 Å². The zero-order valence-electron chi connectivity index (χ0n) is 12.4. The highest BCUT2D eigenvalue weighted by molar-refractivity contribution is 7.89. The predicted octanol–water partition coefficient (Wildman–Crippen LogP) is 1.01. The predicted molar refractivity (Wildman–Crippen MR) is 84.5 cm³/mol. The maximum absolute atomic E-state index is 12.5. The minimum absolute atomic E-state index is 0.115. The molecule has 7 heteroatoms. The van der Waals surface area contributed by atoms with Crippen LogP contribution in [0.25, 0.3) is 0 Å². The standard InChI is InChI=1S/C16H17N3O3S/c20-23(21)15-7-4-8-17-16(15)22-14-11-19(10-13(14)18-23)9-12-5-2-1-3-6-12/h1-8,13-14,18H,9-11H2. The number of aromatic nitrogens is 1. The first kappa shape index (κ1) is 14.6. The summed E-state index contributed by atoms with van der Waals surface area (Å²) in [6.07, 6.45) is 1.32. The van der Waals surface area contributed by atoms with Crippen LogP contribution >= 0.6 is 0 Å². The molecule has 2 aliphatic rings. The van der Waals surface area contributed by atoms with Crippen molar-refractivity contribution in [2.45, 2.75) is 23.6 Å². The smallest absolute Gasteiger partial charge is 0.246 e. The number of nitrogens with zero attached hydrogens (tertiary/aromatic N) is 2. The molecule has 0 aliphatic carbocycles. The van der Waals surface area contributed by atoms with Gasteiger partial charge in [-0.1, -0.05) is 30.3 Å². The summed E-state index contributed by atoms with van der Waals surface area (Å²) in [7, 11) is -3.59. The summed E-state index contributed by atoms with van der Waals surface area (Å²) in [5.41, 5.74) is 1.20. The van der Waals surface area contributed by atoms with Crippen LogP contribution in [0.1, 0.15) is 5.56 Å². The van der Waals surface area contributed by atoms with E-state index in [2.05, 4.69) is 26.7 Å². The monoisotopic (exact) mass is 331 g/mol. The normalized spacial score (nSPS) is 25.9. The molecular weight excluding hydrogens is 314 g/mol. The van der Waals surface area contributed by atoms with Crippen LogP contribution < -0.4 is 9.46 Å². The average Bonchev–Trinajstić information content (AvgIpc) is 2.84. The van der Waals surface area contributed by atoms with Crippen molar-refractivity contribution in [3.8, 4) is 5.88 Å². The fourth-order valence-corrected chi connectivity index (χ4v) is 4.47. The first-order chi connectivity index (χ1) is 11.1. The third-order valence-corrected chi connectivity index (χ3v) is 5.69. The fraction of sp³-hybridized carbons (Fsp3) is 0.312. The van der Waals surface area contributed by atoms with Crippen molar-refractivity contribution < 1.29 is 13.2 Å². The molecule has 1 aromatic carbocycles. The van der Waals surface area contributed by atoms with Crippen molar-refractivity contribution in [1.82, 2.24) is 14.6 Å². The van der Waals surface area contributed by atoms with Crippen LogP contribution in [0.2, 0.25) is 0 Å². The van der Waals surface area contributed by atoms with Crippen LogP contribution in [0.3, 0.4) is 0 Å². The zero-order valence-corrected chi connectivity index (χ0v) is 13.2. The average molecular weight is 331 g/mol. The van der Waals surface area contributed by atoms with Gasteiger partial charge in [-0.3, -0.25) is 4.90 Å². The van der Waals surface area contributed by atoms with Gasteiger partial charge in [0, 0.05) is 25.8 Å². The topological polar surface area (TPSA) is 71.5 Å². The number of nitrogens with one attached hydrogen (secondary N) is 1. The van der Waals surface area contributed by atoms with Gasteiger partial charge in [0.05, 0.1) is 6.04 Å². The second-order valence-electron chi connectivity index (χ2n) is 5.87. The lowest BCUT2D eigenvalue weighted by Gasteiger charge is -2.16. The Labute approximate surface area is 135 Å². The minimum Gasteiger partial charge on any atom is -0.470 e. The van der Waals surface area contributed by atoms with Gasteiger partial charge >= 0.3 is 0 Å². The Morgan fingerprint density at radius 1 is 1.17 bits per heavy atom. The zero-order chi connectivity index (χ0) is 15.9. The minimum atomic E-state index is -3.59. The first-order valence-corrected chi connectivity index (χ1v) is 9.00. The number of likely N-dealkylation sites (tertiary alicyclic amines) is 1. The Morgan fingerprint density at radius 3 is 2.83 bits per heavy atom. The number of benzene rings is 1. The molecule has 0 saturated carbocycles. The molecule has 0 bridgehead atoms. The number of hydrogen-bond acceptors (Lipinski definition) is 5. The largest absolute Gasteiger partial charge is 0.470 e. The van der Waals surface area contributed by atoms with Gasteiger partial charge in [0.1, 0.15) is 11.0 Å². The molecule has 1 aromatic heterocycles. The molecule has 2 aromatic rings. The molecule has 2 unspecified atom stereocenters. The lowest BCUT2D eigenvalue weighted by atomic mass is 10.2. The van der Waals surface area contributed by atoms with Crippen molar-refractivity contribution in [2.24, 2.45) is 0 Å². The van der Waals surface area contributed by atoms with Crippen LogP contribution in [-0.2, 0) is 16.6 Å². The Balaban J connectivity index is 1.57.